The van der Waals surface area contributed by atoms with Crippen molar-refractivity contribution in [2.24, 2.45) is 0 Å². The molecule has 0 saturated carbocycles. The molecule has 0 aliphatic rings. The Morgan fingerprint density at radius 3 is 2.62 bits per heavy atom. The highest BCUT2D eigenvalue weighted by molar-refractivity contribution is 7.91. The van der Waals surface area contributed by atoms with Crippen molar-refractivity contribution in [2.75, 3.05) is 6.26 Å². The number of sulfone groups is 1. The van der Waals surface area contributed by atoms with Gasteiger partial charge in [-0.25, -0.2) is 13.4 Å². The molecule has 0 aliphatic heterocycles. The number of imidazole rings is 1. The molecule has 0 radical (unpaired) electrons. The van der Waals surface area contributed by atoms with E-state index in [9.17, 15) is 13.5 Å². The van der Waals surface area contributed by atoms with E-state index in [0.717, 1.165) is 11.8 Å². The molecule has 0 atom stereocenters. The summed E-state index contributed by atoms with van der Waals surface area (Å²) < 4.78 is 23.6. The number of rotatable bonds is 2. The first-order valence-corrected chi connectivity index (χ1v) is 8.24. The van der Waals surface area contributed by atoms with Gasteiger partial charge in [0.25, 0.3) is 0 Å². The van der Waals surface area contributed by atoms with Gasteiger partial charge in [-0.2, -0.15) is 0 Å². The lowest BCUT2D eigenvalue weighted by molar-refractivity contribution is 0.471. The van der Waals surface area contributed by atoms with Crippen LogP contribution in [-0.2, 0) is 9.84 Å². The molecule has 21 heavy (non-hydrogen) atoms. The van der Waals surface area contributed by atoms with Crippen LogP contribution in [0.2, 0.25) is 0 Å². The summed E-state index contributed by atoms with van der Waals surface area (Å²) in [5.74, 6) is 0.702. The van der Waals surface area contributed by atoms with Crippen molar-refractivity contribution in [3.05, 3.63) is 42.0 Å². The maximum atomic E-state index is 11.8. The van der Waals surface area contributed by atoms with Crippen LogP contribution in [0.4, 0.5) is 0 Å². The Morgan fingerprint density at radius 1 is 1.19 bits per heavy atom. The molecule has 0 saturated heterocycles. The van der Waals surface area contributed by atoms with Gasteiger partial charge in [-0.1, -0.05) is 18.2 Å². The SMILES string of the molecule is Cc1ccc(-c2nc3c(S(C)(=O)=O)cccc3[nH]2)cc1O. The van der Waals surface area contributed by atoms with E-state index in [2.05, 4.69) is 9.97 Å². The second kappa shape index (κ2) is 4.60. The number of nitrogens with one attached hydrogen (secondary N) is 1. The lowest BCUT2D eigenvalue weighted by Gasteiger charge is -2.01. The van der Waals surface area contributed by atoms with Crippen molar-refractivity contribution < 1.29 is 13.5 Å². The average Bonchev–Trinajstić information content (AvgIpc) is 2.84. The van der Waals surface area contributed by atoms with Crippen LogP contribution in [0, 0.1) is 6.92 Å². The molecule has 108 valence electrons. The number of fused-ring (bicyclic) bond motifs is 1. The Morgan fingerprint density at radius 2 is 1.95 bits per heavy atom. The minimum Gasteiger partial charge on any atom is -0.508 e. The van der Waals surface area contributed by atoms with Crippen LogP contribution >= 0.6 is 0 Å². The van der Waals surface area contributed by atoms with Crippen LogP contribution in [-0.4, -0.2) is 29.7 Å². The molecule has 2 N–H and O–H groups in total. The molecule has 5 nitrogen and oxygen atoms in total. The summed E-state index contributed by atoms with van der Waals surface area (Å²) in [6.45, 7) is 1.81. The zero-order valence-corrected chi connectivity index (χ0v) is 12.4. The molecule has 0 fully saturated rings. The largest absolute Gasteiger partial charge is 0.508 e. The molecular weight excluding hydrogens is 288 g/mol. The van der Waals surface area contributed by atoms with Crippen LogP contribution in [0.25, 0.3) is 22.4 Å². The summed E-state index contributed by atoms with van der Waals surface area (Å²) in [6.07, 6.45) is 1.16. The van der Waals surface area contributed by atoms with Gasteiger partial charge in [0.05, 0.1) is 10.4 Å². The zero-order chi connectivity index (χ0) is 15.2. The van der Waals surface area contributed by atoms with Crippen molar-refractivity contribution in [1.29, 1.82) is 0 Å². The third-order valence-corrected chi connectivity index (χ3v) is 4.49. The van der Waals surface area contributed by atoms with Gasteiger partial charge in [0.1, 0.15) is 17.1 Å². The molecular formula is C15H14N2O3S. The normalized spacial score (nSPS) is 11.9. The maximum Gasteiger partial charge on any atom is 0.177 e. The summed E-state index contributed by atoms with van der Waals surface area (Å²) in [5, 5.41) is 9.78. The fraction of sp³-hybridized carbons (Fsp3) is 0.133. The van der Waals surface area contributed by atoms with E-state index in [1.165, 1.54) is 6.07 Å². The fourth-order valence-electron chi connectivity index (χ4n) is 2.20. The van der Waals surface area contributed by atoms with E-state index in [1.54, 1.807) is 31.2 Å². The van der Waals surface area contributed by atoms with E-state index >= 15 is 0 Å². The van der Waals surface area contributed by atoms with Crippen molar-refractivity contribution in [3.8, 4) is 17.1 Å². The number of phenolic OH excluding ortho intramolecular Hbond substituents is 1. The van der Waals surface area contributed by atoms with Gasteiger partial charge in [-0.05, 0) is 30.7 Å². The third-order valence-electron chi connectivity index (χ3n) is 3.36. The van der Waals surface area contributed by atoms with Crippen LogP contribution in [0.5, 0.6) is 5.75 Å². The van der Waals surface area contributed by atoms with Crippen molar-refractivity contribution in [2.45, 2.75) is 11.8 Å². The van der Waals surface area contributed by atoms with Gasteiger partial charge in [0, 0.05) is 11.8 Å². The van der Waals surface area contributed by atoms with Gasteiger partial charge in [0.15, 0.2) is 9.84 Å². The second-order valence-electron chi connectivity index (χ2n) is 5.01. The Labute approximate surface area is 122 Å². The summed E-state index contributed by atoms with van der Waals surface area (Å²) in [6, 6.07) is 10.2. The van der Waals surface area contributed by atoms with E-state index in [0.29, 0.717) is 22.4 Å². The lowest BCUT2D eigenvalue weighted by atomic mass is 10.1. The molecule has 0 spiro atoms. The molecule has 3 aromatic rings. The molecule has 2 aromatic carbocycles. The van der Waals surface area contributed by atoms with Gasteiger partial charge in [-0.15, -0.1) is 0 Å². The molecule has 1 aromatic heterocycles. The highest BCUT2D eigenvalue weighted by Crippen LogP contribution is 2.28. The van der Waals surface area contributed by atoms with Crippen LogP contribution < -0.4 is 0 Å². The molecule has 0 amide bonds. The molecule has 0 aliphatic carbocycles. The number of nitrogens with zero attached hydrogens (tertiary/aromatic N) is 1. The molecule has 0 bridgehead atoms. The minimum atomic E-state index is -3.35. The highest BCUT2D eigenvalue weighted by atomic mass is 32.2. The number of aromatic hydroxyl groups is 1. The standard InChI is InChI=1S/C15H14N2O3S/c1-9-6-7-10(8-12(9)18)15-16-11-4-3-5-13(14(11)17-15)21(2,19)20/h3-8,18H,1-2H3,(H,16,17). The zero-order valence-electron chi connectivity index (χ0n) is 11.6. The first kappa shape index (κ1) is 13.6. The molecule has 6 heteroatoms. The number of benzene rings is 2. The minimum absolute atomic E-state index is 0.177. The number of hydrogen-bond donors (Lipinski definition) is 2. The Balaban J connectivity index is 2.24. The van der Waals surface area contributed by atoms with E-state index in [4.69, 9.17) is 0 Å². The first-order chi connectivity index (χ1) is 9.86. The van der Waals surface area contributed by atoms with Crippen LogP contribution in [0.3, 0.4) is 0 Å². The lowest BCUT2D eigenvalue weighted by Crippen LogP contribution is -1.97. The average molecular weight is 302 g/mol. The highest BCUT2D eigenvalue weighted by Gasteiger charge is 2.16. The molecule has 3 rings (SSSR count). The van der Waals surface area contributed by atoms with Crippen molar-refractivity contribution in [3.63, 3.8) is 0 Å². The summed E-state index contributed by atoms with van der Waals surface area (Å²) in [7, 11) is -3.35. The molecule has 1 heterocycles. The monoisotopic (exact) mass is 302 g/mol. The van der Waals surface area contributed by atoms with Crippen molar-refractivity contribution in [1.82, 2.24) is 9.97 Å². The van der Waals surface area contributed by atoms with Crippen LogP contribution in [0.1, 0.15) is 5.56 Å². The predicted molar refractivity (Wildman–Crippen MR) is 81.0 cm³/mol. The third kappa shape index (κ3) is 2.38. The quantitative estimate of drug-likeness (QED) is 0.762. The topological polar surface area (TPSA) is 83.0 Å². The Bertz CT molecular complexity index is 943. The van der Waals surface area contributed by atoms with Crippen LogP contribution in [0.15, 0.2) is 41.3 Å². The Kier molecular flexibility index (Phi) is 2.98. The number of aryl methyl sites for hydroxylation is 1. The summed E-state index contributed by atoms with van der Waals surface area (Å²) in [4.78, 5) is 7.65. The predicted octanol–water partition coefficient (Wildman–Crippen LogP) is 2.65. The summed E-state index contributed by atoms with van der Waals surface area (Å²) >= 11 is 0. The number of hydrogen-bond acceptors (Lipinski definition) is 4. The first-order valence-electron chi connectivity index (χ1n) is 6.35. The maximum absolute atomic E-state index is 11.8. The molecule has 0 unspecified atom stereocenters. The second-order valence-corrected chi connectivity index (χ2v) is 7.00. The smallest absolute Gasteiger partial charge is 0.177 e. The van der Waals surface area contributed by atoms with Crippen molar-refractivity contribution >= 4 is 20.9 Å². The number of phenols is 1. The van der Waals surface area contributed by atoms with Gasteiger partial charge in [-0.3, -0.25) is 0 Å². The number of para-hydroxylation sites is 1. The number of aromatic amines is 1. The van der Waals surface area contributed by atoms with E-state index in [-0.39, 0.29) is 10.6 Å². The summed E-state index contributed by atoms with van der Waals surface area (Å²) in [5.41, 5.74) is 2.53. The fourth-order valence-corrected chi connectivity index (χ4v) is 3.03. The number of H-pyrrole nitrogens is 1. The Hall–Kier alpha value is -2.34. The van der Waals surface area contributed by atoms with E-state index < -0.39 is 9.84 Å². The number of aromatic nitrogens is 2. The van der Waals surface area contributed by atoms with Gasteiger partial charge in [0.2, 0.25) is 0 Å². The van der Waals surface area contributed by atoms with Gasteiger partial charge < -0.3 is 10.1 Å². The van der Waals surface area contributed by atoms with Gasteiger partial charge >= 0.3 is 0 Å². The van der Waals surface area contributed by atoms with E-state index in [1.807, 2.05) is 6.07 Å².